The zero-order valence-electron chi connectivity index (χ0n) is 14.7. The summed E-state index contributed by atoms with van der Waals surface area (Å²) >= 11 is 0. The molecular weight excluding hydrogens is 286 g/mol. The third-order valence-electron chi connectivity index (χ3n) is 5.28. The lowest BCUT2D eigenvalue weighted by Gasteiger charge is -2.39. The molecule has 1 aliphatic heterocycles. The molecule has 3 nitrogen and oxygen atoms in total. The minimum absolute atomic E-state index is 0.313. The molecule has 0 aromatic heterocycles. The van der Waals surface area contributed by atoms with Crippen LogP contribution in [-0.2, 0) is 4.79 Å². The standard InChI is InChI=1S/C20H29NO2/c1-19(2)12-16-13-20(3,14-19)15-21(16)18(22)10-7-11-23-17-8-5-4-6-9-17/h4-6,8-9,16H,7,10-15H2,1-3H3. The van der Waals surface area contributed by atoms with Gasteiger partial charge in [-0.25, -0.2) is 0 Å². The van der Waals surface area contributed by atoms with Gasteiger partial charge < -0.3 is 9.64 Å². The van der Waals surface area contributed by atoms with E-state index >= 15 is 0 Å². The van der Waals surface area contributed by atoms with Crippen LogP contribution < -0.4 is 4.74 Å². The van der Waals surface area contributed by atoms with Gasteiger partial charge in [-0.1, -0.05) is 39.0 Å². The summed E-state index contributed by atoms with van der Waals surface area (Å²) in [5.41, 5.74) is 0.686. The fourth-order valence-corrected chi connectivity index (χ4v) is 4.83. The highest BCUT2D eigenvalue weighted by molar-refractivity contribution is 5.77. The number of hydrogen-bond acceptors (Lipinski definition) is 2. The van der Waals surface area contributed by atoms with E-state index in [0.29, 0.717) is 35.8 Å². The zero-order valence-corrected chi connectivity index (χ0v) is 14.7. The molecular formula is C20H29NO2. The molecule has 1 aliphatic carbocycles. The van der Waals surface area contributed by atoms with Gasteiger partial charge in [0.1, 0.15) is 5.75 Å². The summed E-state index contributed by atoms with van der Waals surface area (Å²) in [6, 6.07) is 10.3. The lowest BCUT2D eigenvalue weighted by atomic mass is 9.65. The van der Waals surface area contributed by atoms with E-state index in [1.54, 1.807) is 0 Å². The van der Waals surface area contributed by atoms with E-state index in [-0.39, 0.29) is 0 Å². The smallest absolute Gasteiger partial charge is 0.222 e. The molecule has 2 fully saturated rings. The van der Waals surface area contributed by atoms with E-state index in [2.05, 4.69) is 25.7 Å². The number of carbonyl (C=O) groups is 1. The van der Waals surface area contributed by atoms with Gasteiger partial charge in [0.05, 0.1) is 6.61 Å². The van der Waals surface area contributed by atoms with Gasteiger partial charge in [0.2, 0.25) is 5.91 Å². The maximum absolute atomic E-state index is 12.6. The van der Waals surface area contributed by atoms with Crippen LogP contribution in [0, 0.1) is 10.8 Å². The Morgan fingerprint density at radius 2 is 1.96 bits per heavy atom. The largest absolute Gasteiger partial charge is 0.494 e. The van der Waals surface area contributed by atoms with E-state index < -0.39 is 0 Å². The van der Waals surface area contributed by atoms with Crippen molar-refractivity contribution in [1.29, 1.82) is 0 Å². The van der Waals surface area contributed by atoms with Gasteiger partial charge in [-0.3, -0.25) is 4.79 Å². The first-order valence-corrected chi connectivity index (χ1v) is 8.84. The average Bonchev–Trinajstić information content (AvgIpc) is 2.73. The minimum Gasteiger partial charge on any atom is -0.494 e. The molecule has 126 valence electrons. The van der Waals surface area contributed by atoms with Crippen LogP contribution in [0.5, 0.6) is 5.75 Å². The fourth-order valence-electron chi connectivity index (χ4n) is 4.83. The topological polar surface area (TPSA) is 29.5 Å². The summed E-state index contributed by atoms with van der Waals surface area (Å²) in [7, 11) is 0. The van der Waals surface area contributed by atoms with E-state index in [4.69, 9.17) is 4.74 Å². The van der Waals surface area contributed by atoms with E-state index in [0.717, 1.165) is 25.1 Å². The van der Waals surface area contributed by atoms with Crippen molar-refractivity contribution in [1.82, 2.24) is 4.90 Å². The molecule has 1 amide bonds. The van der Waals surface area contributed by atoms with Crippen LogP contribution in [0.4, 0.5) is 0 Å². The number of nitrogens with zero attached hydrogens (tertiary/aromatic N) is 1. The molecule has 3 heteroatoms. The van der Waals surface area contributed by atoms with Crippen molar-refractivity contribution >= 4 is 5.91 Å². The molecule has 0 radical (unpaired) electrons. The highest BCUT2D eigenvalue weighted by atomic mass is 16.5. The highest BCUT2D eigenvalue weighted by Crippen LogP contribution is 2.52. The summed E-state index contributed by atoms with van der Waals surface area (Å²) in [4.78, 5) is 14.8. The van der Waals surface area contributed by atoms with E-state index in [1.165, 1.54) is 12.8 Å². The molecule has 3 rings (SSSR count). The van der Waals surface area contributed by atoms with Gasteiger partial charge in [-0.15, -0.1) is 0 Å². The van der Waals surface area contributed by atoms with Crippen molar-refractivity contribution in [2.24, 2.45) is 10.8 Å². The molecule has 2 atom stereocenters. The summed E-state index contributed by atoms with van der Waals surface area (Å²) in [5.74, 6) is 1.19. The molecule has 1 saturated carbocycles. The van der Waals surface area contributed by atoms with Crippen LogP contribution in [0.3, 0.4) is 0 Å². The lowest BCUT2D eigenvalue weighted by molar-refractivity contribution is -0.132. The number of hydrogen-bond donors (Lipinski definition) is 0. The van der Waals surface area contributed by atoms with E-state index in [1.807, 2.05) is 30.3 Å². The fraction of sp³-hybridized carbons (Fsp3) is 0.650. The third-order valence-corrected chi connectivity index (χ3v) is 5.28. The van der Waals surface area contributed by atoms with Crippen LogP contribution in [0.1, 0.15) is 52.9 Å². The monoisotopic (exact) mass is 315 g/mol. The maximum atomic E-state index is 12.6. The molecule has 2 bridgehead atoms. The van der Waals surface area contributed by atoms with Gasteiger partial charge in [-0.2, -0.15) is 0 Å². The van der Waals surface area contributed by atoms with Crippen LogP contribution in [0.15, 0.2) is 30.3 Å². The van der Waals surface area contributed by atoms with Gasteiger partial charge >= 0.3 is 0 Å². The summed E-state index contributed by atoms with van der Waals surface area (Å²) in [6.45, 7) is 8.60. The number of carbonyl (C=O) groups excluding carboxylic acids is 1. The minimum atomic E-state index is 0.313. The number of para-hydroxylation sites is 1. The summed E-state index contributed by atoms with van der Waals surface area (Å²) < 4.78 is 5.69. The van der Waals surface area contributed by atoms with Crippen LogP contribution in [0.2, 0.25) is 0 Å². The second kappa shape index (κ2) is 6.18. The third kappa shape index (κ3) is 3.88. The van der Waals surface area contributed by atoms with Crippen LogP contribution in [-0.4, -0.2) is 30.0 Å². The van der Waals surface area contributed by atoms with Crippen molar-refractivity contribution in [3.8, 4) is 5.75 Å². The molecule has 1 aromatic carbocycles. The maximum Gasteiger partial charge on any atom is 0.222 e. The first kappa shape index (κ1) is 16.4. The Balaban J connectivity index is 1.48. The van der Waals surface area contributed by atoms with Crippen molar-refractivity contribution in [3.05, 3.63) is 30.3 Å². The predicted molar refractivity (Wildman–Crippen MR) is 92.4 cm³/mol. The zero-order chi connectivity index (χ0) is 16.5. The molecule has 2 aliphatic rings. The van der Waals surface area contributed by atoms with Gasteiger partial charge in [0.25, 0.3) is 0 Å². The van der Waals surface area contributed by atoms with Crippen LogP contribution >= 0.6 is 0 Å². The number of amides is 1. The molecule has 1 aromatic rings. The Kier molecular flexibility index (Phi) is 4.39. The van der Waals surface area contributed by atoms with Crippen LogP contribution in [0.25, 0.3) is 0 Å². The molecule has 1 saturated heterocycles. The highest BCUT2D eigenvalue weighted by Gasteiger charge is 2.50. The quantitative estimate of drug-likeness (QED) is 0.759. The SMILES string of the molecule is CC1(C)CC2CC(C)(CN2C(=O)CCCOc2ccccc2)C1. The first-order chi connectivity index (χ1) is 10.9. The molecule has 0 N–H and O–H groups in total. The second-order valence-corrected chi connectivity index (χ2v) is 8.50. The Hall–Kier alpha value is -1.51. The van der Waals surface area contributed by atoms with Gasteiger partial charge in [0.15, 0.2) is 0 Å². The van der Waals surface area contributed by atoms with Gasteiger partial charge in [-0.05, 0) is 48.6 Å². The van der Waals surface area contributed by atoms with Crippen molar-refractivity contribution in [2.45, 2.75) is 58.9 Å². The average molecular weight is 315 g/mol. The van der Waals surface area contributed by atoms with E-state index in [9.17, 15) is 4.79 Å². The summed E-state index contributed by atoms with van der Waals surface area (Å²) in [6.07, 6.45) is 4.95. The van der Waals surface area contributed by atoms with Gasteiger partial charge in [0, 0.05) is 19.0 Å². The number of fused-ring (bicyclic) bond motifs is 2. The predicted octanol–water partition coefficient (Wildman–Crippen LogP) is 4.27. The Labute approximate surface area is 140 Å². The molecule has 1 heterocycles. The summed E-state index contributed by atoms with van der Waals surface area (Å²) in [5, 5.41) is 0. The van der Waals surface area contributed by atoms with Crippen molar-refractivity contribution in [2.75, 3.05) is 13.2 Å². The molecule has 0 spiro atoms. The second-order valence-electron chi connectivity index (χ2n) is 8.50. The number of ether oxygens (including phenoxy) is 1. The Bertz CT molecular complexity index is 554. The van der Waals surface area contributed by atoms with Crippen molar-refractivity contribution < 1.29 is 9.53 Å². The Morgan fingerprint density at radius 1 is 1.22 bits per heavy atom. The lowest BCUT2D eigenvalue weighted by Crippen LogP contribution is -2.37. The first-order valence-electron chi connectivity index (χ1n) is 8.84. The number of benzene rings is 1. The molecule has 2 unspecified atom stereocenters. The van der Waals surface area contributed by atoms with Crippen molar-refractivity contribution in [3.63, 3.8) is 0 Å². The number of likely N-dealkylation sites (tertiary alicyclic amines) is 1. The Morgan fingerprint density at radius 3 is 2.70 bits per heavy atom. The molecule has 23 heavy (non-hydrogen) atoms. The number of rotatable bonds is 5. The normalized spacial score (nSPS) is 28.7.